The quantitative estimate of drug-likeness (QED) is 0.785. The van der Waals surface area contributed by atoms with E-state index < -0.39 is 6.56 Å². The van der Waals surface area contributed by atoms with Crippen LogP contribution >= 0.6 is 15.9 Å². The molecule has 7 heteroatoms. The fourth-order valence-corrected chi connectivity index (χ4v) is 1.65. The van der Waals surface area contributed by atoms with Crippen molar-refractivity contribution < 1.29 is 12.2 Å². The van der Waals surface area contributed by atoms with Gasteiger partial charge in [0.05, 0.1) is 28.7 Å². The first-order valence-electron chi connectivity index (χ1n) is 5.69. The second-order valence-corrected chi connectivity index (χ2v) is 4.08. The van der Waals surface area contributed by atoms with Crippen LogP contribution in [0.4, 0.5) is 0 Å². The molecule has 84 valence electrons. The Morgan fingerprint density at radius 1 is 1.69 bits per heavy atom. The number of nitrogens with zero attached hydrogens (tertiary/aromatic N) is 4. The van der Waals surface area contributed by atoms with Gasteiger partial charge >= 0.3 is 0 Å². The van der Waals surface area contributed by atoms with Gasteiger partial charge in [0.15, 0.2) is 10.5 Å². The van der Waals surface area contributed by atoms with Crippen molar-refractivity contribution >= 4 is 21.6 Å². The molecule has 0 amide bonds. The van der Waals surface area contributed by atoms with E-state index in [9.17, 15) is 0 Å². The first-order valence-corrected chi connectivity index (χ1v) is 5.48. The third-order valence-electron chi connectivity index (χ3n) is 2.23. The van der Waals surface area contributed by atoms with Gasteiger partial charge < -0.3 is 9.47 Å². The first-order chi connectivity index (χ1) is 8.58. The molecule has 1 fully saturated rings. The molecule has 0 aliphatic carbocycles. The maximum atomic E-state index is 7.87. The molecule has 3 heterocycles. The Morgan fingerprint density at radius 2 is 2.56 bits per heavy atom. The molecule has 0 spiro atoms. The lowest BCUT2D eigenvalue weighted by Crippen LogP contribution is -2.32. The van der Waals surface area contributed by atoms with Crippen LogP contribution in [0.15, 0.2) is 17.3 Å². The summed E-state index contributed by atoms with van der Waals surface area (Å²) in [5.74, 6) is -0.0169. The molecule has 1 aliphatic rings. The second kappa shape index (κ2) is 3.99. The van der Waals surface area contributed by atoms with Crippen LogP contribution < -0.4 is 4.74 Å². The van der Waals surface area contributed by atoms with Gasteiger partial charge in [0.25, 0.3) is 0 Å². The Kier molecular flexibility index (Phi) is 1.98. The van der Waals surface area contributed by atoms with Gasteiger partial charge in [-0.1, -0.05) is 0 Å². The molecule has 0 radical (unpaired) electrons. The molecule has 2 aromatic heterocycles. The zero-order valence-corrected chi connectivity index (χ0v) is 9.72. The summed E-state index contributed by atoms with van der Waals surface area (Å²) in [6.45, 7) is -1.08. The molecule has 0 bridgehead atoms. The second-order valence-electron chi connectivity index (χ2n) is 3.37. The average molecular weight is 287 g/mol. The Bertz CT molecular complexity index is 587. The number of ether oxygens (including phenoxy) is 2. The van der Waals surface area contributed by atoms with E-state index in [-0.39, 0.29) is 11.7 Å². The third kappa shape index (κ3) is 1.65. The number of halogens is 1. The average Bonchev–Trinajstić information content (AvgIpc) is 2.68. The topological polar surface area (TPSA) is 61.5 Å². The van der Waals surface area contributed by atoms with Gasteiger partial charge in [0.1, 0.15) is 6.33 Å². The standard InChI is InChI=1S/C9H9BrN4O2/c10-9-11-1-7(8-13-12-5-14(8)9)16-4-6-2-15-3-6/h1,5-6H,2-4H2/i4D2. The van der Waals surface area contributed by atoms with E-state index in [4.69, 9.17) is 12.2 Å². The molecule has 1 aliphatic heterocycles. The van der Waals surface area contributed by atoms with E-state index in [1.807, 2.05) is 0 Å². The molecule has 6 nitrogen and oxygen atoms in total. The highest BCUT2D eigenvalue weighted by molar-refractivity contribution is 9.10. The highest BCUT2D eigenvalue weighted by Crippen LogP contribution is 2.21. The molecule has 0 saturated carbocycles. The van der Waals surface area contributed by atoms with E-state index in [0.717, 1.165) is 0 Å². The number of aromatic nitrogens is 4. The van der Waals surface area contributed by atoms with Crippen LogP contribution in [-0.2, 0) is 4.74 Å². The van der Waals surface area contributed by atoms with E-state index >= 15 is 0 Å². The molecule has 16 heavy (non-hydrogen) atoms. The van der Waals surface area contributed by atoms with E-state index in [0.29, 0.717) is 23.6 Å². The van der Waals surface area contributed by atoms with Gasteiger partial charge in [-0.15, -0.1) is 10.2 Å². The van der Waals surface area contributed by atoms with Crippen molar-refractivity contribution in [3.05, 3.63) is 17.3 Å². The minimum absolute atomic E-state index is 0.257. The van der Waals surface area contributed by atoms with Gasteiger partial charge in [-0.3, -0.25) is 4.40 Å². The minimum Gasteiger partial charge on any atom is -0.488 e. The van der Waals surface area contributed by atoms with Crippen molar-refractivity contribution in [1.82, 2.24) is 19.6 Å². The van der Waals surface area contributed by atoms with E-state index in [1.165, 1.54) is 12.5 Å². The van der Waals surface area contributed by atoms with Crippen molar-refractivity contribution in [3.63, 3.8) is 0 Å². The molecule has 1 saturated heterocycles. The summed E-state index contributed by atoms with van der Waals surface area (Å²) < 4.78 is 28.2. The normalized spacial score (nSPS) is 19.1. The van der Waals surface area contributed by atoms with Crippen molar-refractivity contribution in [1.29, 1.82) is 0 Å². The Balaban J connectivity index is 1.95. The lowest BCUT2D eigenvalue weighted by atomic mass is 10.1. The molecular formula is C9H9BrN4O2. The molecule has 2 aromatic rings. The van der Waals surface area contributed by atoms with Crippen LogP contribution in [0.3, 0.4) is 0 Å². The number of rotatable bonds is 3. The van der Waals surface area contributed by atoms with Gasteiger partial charge in [-0.25, -0.2) is 4.98 Å². The SMILES string of the molecule is [2H]C([2H])(Oc1cnc(Br)n2cnnc12)C1COC1. The lowest BCUT2D eigenvalue weighted by molar-refractivity contribution is -0.0507. The molecule has 0 atom stereocenters. The Labute approximate surface area is 103 Å². The van der Waals surface area contributed by atoms with Crippen LogP contribution in [0.2, 0.25) is 0 Å². The number of hydrogen-bond acceptors (Lipinski definition) is 5. The number of fused-ring (bicyclic) bond motifs is 1. The van der Waals surface area contributed by atoms with Gasteiger partial charge in [-0.2, -0.15) is 0 Å². The van der Waals surface area contributed by atoms with Crippen LogP contribution in [0.25, 0.3) is 5.65 Å². The van der Waals surface area contributed by atoms with Crippen molar-refractivity contribution in [2.45, 2.75) is 0 Å². The highest BCUT2D eigenvalue weighted by atomic mass is 79.9. The Hall–Kier alpha value is -1.21. The first kappa shape index (κ1) is 7.97. The van der Waals surface area contributed by atoms with E-state index in [1.54, 1.807) is 4.40 Å². The van der Waals surface area contributed by atoms with Crippen LogP contribution in [-0.4, -0.2) is 39.4 Å². The summed E-state index contributed by atoms with van der Waals surface area (Å²) in [4.78, 5) is 4.04. The fraction of sp³-hybridized carbons (Fsp3) is 0.444. The molecule has 0 aromatic carbocycles. The summed E-state index contributed by atoms with van der Waals surface area (Å²) in [5.41, 5.74) is 0.418. The smallest absolute Gasteiger partial charge is 0.206 e. The predicted octanol–water partition coefficient (Wildman–Crippen LogP) is 0.912. The maximum Gasteiger partial charge on any atom is 0.206 e. The largest absolute Gasteiger partial charge is 0.488 e. The number of hydrogen-bond donors (Lipinski definition) is 0. The van der Waals surface area contributed by atoms with Gasteiger partial charge in [0, 0.05) is 5.92 Å². The highest BCUT2D eigenvalue weighted by Gasteiger charge is 2.20. The summed E-state index contributed by atoms with van der Waals surface area (Å²) in [5, 5.41) is 7.63. The zero-order chi connectivity index (χ0) is 12.8. The zero-order valence-electron chi connectivity index (χ0n) is 10.1. The summed E-state index contributed by atoms with van der Waals surface area (Å²) in [7, 11) is 0. The molecule has 0 unspecified atom stereocenters. The van der Waals surface area contributed by atoms with Crippen LogP contribution in [0.1, 0.15) is 2.74 Å². The lowest BCUT2D eigenvalue weighted by Gasteiger charge is -2.25. The van der Waals surface area contributed by atoms with Crippen LogP contribution in [0, 0.1) is 5.92 Å². The van der Waals surface area contributed by atoms with Gasteiger partial charge in [-0.05, 0) is 15.9 Å². The van der Waals surface area contributed by atoms with Gasteiger partial charge in [0.2, 0.25) is 5.65 Å². The van der Waals surface area contributed by atoms with Crippen LogP contribution in [0.5, 0.6) is 5.75 Å². The summed E-state index contributed by atoms with van der Waals surface area (Å²) in [6.07, 6.45) is 2.90. The molecule has 0 N–H and O–H groups in total. The van der Waals surface area contributed by atoms with Crippen molar-refractivity contribution in [2.75, 3.05) is 19.8 Å². The third-order valence-corrected chi connectivity index (χ3v) is 2.82. The van der Waals surface area contributed by atoms with Crippen molar-refractivity contribution in [3.8, 4) is 5.75 Å². The Morgan fingerprint density at radius 3 is 3.31 bits per heavy atom. The predicted molar refractivity (Wildman–Crippen MR) is 58.3 cm³/mol. The summed E-state index contributed by atoms with van der Waals surface area (Å²) >= 11 is 3.25. The molecular weight excluding hydrogens is 276 g/mol. The van der Waals surface area contributed by atoms with Crippen molar-refractivity contribution in [2.24, 2.45) is 5.92 Å². The van der Waals surface area contributed by atoms with E-state index in [2.05, 4.69) is 31.1 Å². The molecule has 3 rings (SSSR count). The maximum absolute atomic E-state index is 7.87. The monoisotopic (exact) mass is 286 g/mol. The fourth-order valence-electron chi connectivity index (χ4n) is 1.29. The minimum atomic E-state index is -1.81. The summed E-state index contributed by atoms with van der Waals surface area (Å²) in [6, 6.07) is 0.